The van der Waals surface area contributed by atoms with Crippen molar-refractivity contribution in [3.63, 3.8) is 0 Å². The molecular weight excluding hydrogens is 318 g/mol. The Morgan fingerprint density at radius 3 is 2.41 bits per heavy atom. The van der Waals surface area contributed by atoms with E-state index in [1.165, 1.54) is 4.31 Å². The third-order valence-electron chi connectivity index (χ3n) is 4.45. The molecule has 0 bridgehead atoms. The number of thiazole rings is 1. The molecule has 0 unspecified atom stereocenters. The van der Waals surface area contributed by atoms with E-state index in [9.17, 15) is 8.42 Å². The van der Waals surface area contributed by atoms with Crippen LogP contribution >= 0.6 is 11.3 Å². The average Bonchev–Trinajstić information content (AvgIpc) is 2.83. The van der Waals surface area contributed by atoms with Crippen molar-refractivity contribution in [2.24, 2.45) is 11.3 Å². The van der Waals surface area contributed by atoms with Gasteiger partial charge in [0.1, 0.15) is 0 Å². The van der Waals surface area contributed by atoms with Gasteiger partial charge in [-0.2, -0.15) is 17.0 Å². The fourth-order valence-corrected chi connectivity index (χ4v) is 4.91. The van der Waals surface area contributed by atoms with Gasteiger partial charge in [-0.15, -0.1) is 11.3 Å². The van der Waals surface area contributed by atoms with Gasteiger partial charge in [0.05, 0.1) is 17.2 Å². The topological polar surface area (TPSA) is 53.5 Å². The van der Waals surface area contributed by atoms with Crippen LogP contribution in [0.5, 0.6) is 0 Å². The molecule has 0 spiro atoms. The fraction of sp³-hybridized carbons (Fsp3) is 0.800. The molecule has 2 heterocycles. The molecule has 1 aliphatic rings. The second-order valence-corrected chi connectivity index (χ2v) is 10.3. The molecule has 0 atom stereocenters. The van der Waals surface area contributed by atoms with Gasteiger partial charge in [0, 0.05) is 25.5 Å². The number of hydrogen-bond donors (Lipinski definition) is 0. The smallest absolute Gasteiger partial charge is 0.245 e. The molecule has 1 aromatic heterocycles. The van der Waals surface area contributed by atoms with E-state index < -0.39 is 10.2 Å². The zero-order valence-corrected chi connectivity index (χ0v) is 15.8. The van der Waals surface area contributed by atoms with E-state index >= 15 is 0 Å². The average molecular weight is 346 g/mol. The number of nitrogens with zero attached hydrogens (tertiary/aromatic N) is 3. The van der Waals surface area contributed by atoms with Crippen LogP contribution in [0.15, 0.2) is 5.38 Å². The molecule has 7 heteroatoms. The second-order valence-electron chi connectivity index (χ2n) is 7.16. The number of hydrogen-bond acceptors (Lipinski definition) is 4. The first-order chi connectivity index (χ1) is 10.1. The van der Waals surface area contributed by atoms with Crippen LogP contribution in [0.4, 0.5) is 0 Å². The first-order valence-electron chi connectivity index (χ1n) is 7.73. The standard InChI is InChI=1S/C15H27N3O2S2/c1-12-16-14(11-21-12)10-17(5)22(19,20)18-8-6-13(7-9-18)15(2,3)4/h11,13H,6-10H2,1-5H3. The molecule has 1 aliphatic heterocycles. The number of piperidine rings is 1. The van der Waals surface area contributed by atoms with Crippen molar-refractivity contribution in [2.75, 3.05) is 20.1 Å². The lowest BCUT2D eigenvalue weighted by molar-refractivity contribution is 0.150. The Kier molecular flexibility index (Phi) is 5.31. The lowest BCUT2D eigenvalue weighted by atomic mass is 9.76. The molecule has 126 valence electrons. The van der Waals surface area contributed by atoms with E-state index in [1.807, 2.05) is 12.3 Å². The summed E-state index contributed by atoms with van der Waals surface area (Å²) in [6.07, 6.45) is 1.87. The molecule has 22 heavy (non-hydrogen) atoms. The molecule has 5 nitrogen and oxygen atoms in total. The summed E-state index contributed by atoms with van der Waals surface area (Å²) in [6.45, 7) is 10.2. The first kappa shape index (κ1) is 17.8. The zero-order valence-electron chi connectivity index (χ0n) is 14.2. The maximum atomic E-state index is 12.7. The summed E-state index contributed by atoms with van der Waals surface area (Å²) in [7, 11) is -1.75. The van der Waals surface area contributed by atoms with Crippen LogP contribution in [-0.4, -0.2) is 42.1 Å². The van der Waals surface area contributed by atoms with Crippen LogP contribution in [-0.2, 0) is 16.8 Å². The van der Waals surface area contributed by atoms with E-state index in [1.54, 1.807) is 22.7 Å². The Bertz CT molecular complexity index is 597. The fourth-order valence-electron chi connectivity index (χ4n) is 2.94. The largest absolute Gasteiger partial charge is 0.282 e. The van der Waals surface area contributed by atoms with Gasteiger partial charge in [-0.3, -0.25) is 0 Å². The van der Waals surface area contributed by atoms with Crippen molar-refractivity contribution in [1.29, 1.82) is 0 Å². The minimum atomic E-state index is -3.39. The van der Waals surface area contributed by atoms with Crippen molar-refractivity contribution in [2.45, 2.75) is 47.1 Å². The highest BCUT2D eigenvalue weighted by molar-refractivity contribution is 7.86. The van der Waals surface area contributed by atoms with Gasteiger partial charge in [-0.05, 0) is 31.1 Å². The summed E-state index contributed by atoms with van der Waals surface area (Å²) < 4.78 is 28.4. The summed E-state index contributed by atoms with van der Waals surface area (Å²) >= 11 is 1.55. The minimum Gasteiger partial charge on any atom is -0.245 e. The van der Waals surface area contributed by atoms with Gasteiger partial charge in [-0.1, -0.05) is 20.8 Å². The summed E-state index contributed by atoms with van der Waals surface area (Å²) in [6, 6.07) is 0. The lowest BCUT2D eigenvalue weighted by Gasteiger charge is -2.39. The molecule has 0 aliphatic carbocycles. The van der Waals surface area contributed by atoms with Crippen LogP contribution in [0.1, 0.15) is 44.3 Å². The SMILES string of the molecule is Cc1nc(CN(C)S(=O)(=O)N2CCC(C(C)(C)C)CC2)cs1. The highest BCUT2D eigenvalue weighted by Crippen LogP contribution is 2.35. The van der Waals surface area contributed by atoms with E-state index in [-0.39, 0.29) is 5.41 Å². The Labute approximate surface area is 138 Å². The first-order valence-corrected chi connectivity index (χ1v) is 10.0. The Hall–Kier alpha value is -0.500. The molecule has 0 N–H and O–H groups in total. The van der Waals surface area contributed by atoms with E-state index in [2.05, 4.69) is 25.8 Å². The summed E-state index contributed by atoms with van der Waals surface area (Å²) in [5.74, 6) is 0.588. The van der Waals surface area contributed by atoms with Gasteiger partial charge >= 0.3 is 0 Å². The summed E-state index contributed by atoms with van der Waals surface area (Å²) in [5, 5.41) is 2.89. The predicted octanol–water partition coefficient (Wildman–Crippen LogP) is 2.89. The molecule has 1 saturated heterocycles. The summed E-state index contributed by atoms with van der Waals surface area (Å²) in [4.78, 5) is 4.35. The van der Waals surface area contributed by atoms with Crippen molar-refractivity contribution in [3.05, 3.63) is 16.1 Å². The molecular formula is C15H27N3O2S2. The minimum absolute atomic E-state index is 0.250. The number of aryl methyl sites for hydroxylation is 1. The van der Waals surface area contributed by atoms with Crippen molar-refractivity contribution in [3.8, 4) is 0 Å². The Morgan fingerprint density at radius 2 is 1.95 bits per heavy atom. The van der Waals surface area contributed by atoms with Gasteiger partial charge in [0.15, 0.2) is 0 Å². The van der Waals surface area contributed by atoms with Crippen LogP contribution in [0.3, 0.4) is 0 Å². The summed E-state index contributed by atoms with van der Waals surface area (Å²) in [5.41, 5.74) is 1.07. The Balaban J connectivity index is 1.99. The molecule has 0 amide bonds. The van der Waals surface area contributed by atoms with Crippen molar-refractivity contribution >= 4 is 21.5 Å². The predicted molar refractivity (Wildman–Crippen MR) is 91.0 cm³/mol. The van der Waals surface area contributed by atoms with Gasteiger partial charge in [-0.25, -0.2) is 4.98 Å². The van der Waals surface area contributed by atoms with E-state index in [0.29, 0.717) is 25.6 Å². The number of rotatable bonds is 4. The molecule has 1 aromatic rings. The highest BCUT2D eigenvalue weighted by Gasteiger charge is 2.35. The quantitative estimate of drug-likeness (QED) is 0.843. The maximum absolute atomic E-state index is 12.7. The van der Waals surface area contributed by atoms with Crippen LogP contribution in [0, 0.1) is 18.3 Å². The molecule has 0 radical (unpaired) electrons. The second kappa shape index (κ2) is 6.55. The van der Waals surface area contributed by atoms with Gasteiger partial charge < -0.3 is 0 Å². The van der Waals surface area contributed by atoms with Gasteiger partial charge in [0.2, 0.25) is 0 Å². The van der Waals surface area contributed by atoms with Crippen molar-refractivity contribution < 1.29 is 8.42 Å². The monoisotopic (exact) mass is 345 g/mol. The lowest BCUT2D eigenvalue weighted by Crippen LogP contribution is -2.46. The molecule has 0 aromatic carbocycles. The zero-order chi connectivity index (χ0) is 16.5. The van der Waals surface area contributed by atoms with Crippen LogP contribution in [0.2, 0.25) is 0 Å². The van der Waals surface area contributed by atoms with E-state index in [4.69, 9.17) is 0 Å². The van der Waals surface area contributed by atoms with E-state index in [0.717, 1.165) is 23.5 Å². The third kappa shape index (κ3) is 4.07. The normalized spacial score (nSPS) is 19.0. The van der Waals surface area contributed by atoms with Crippen LogP contribution < -0.4 is 0 Å². The third-order valence-corrected chi connectivity index (χ3v) is 7.21. The van der Waals surface area contributed by atoms with Crippen molar-refractivity contribution in [1.82, 2.24) is 13.6 Å². The maximum Gasteiger partial charge on any atom is 0.282 e. The molecule has 2 rings (SSSR count). The van der Waals surface area contributed by atoms with Crippen LogP contribution in [0.25, 0.3) is 0 Å². The number of aromatic nitrogens is 1. The molecule has 0 saturated carbocycles. The molecule has 1 fully saturated rings. The Morgan fingerprint density at radius 1 is 1.36 bits per heavy atom. The highest BCUT2D eigenvalue weighted by atomic mass is 32.2. The van der Waals surface area contributed by atoms with Gasteiger partial charge in [0.25, 0.3) is 10.2 Å².